The largest absolute Gasteiger partial charge is 0.369 e. The summed E-state index contributed by atoms with van der Waals surface area (Å²) in [5.74, 6) is 0. The summed E-state index contributed by atoms with van der Waals surface area (Å²) in [6.07, 6.45) is 2.38. The maximum absolute atomic E-state index is 3.71. The summed E-state index contributed by atoms with van der Waals surface area (Å²) < 4.78 is 0. The van der Waals surface area contributed by atoms with E-state index in [2.05, 4.69) is 69.7 Å². The highest BCUT2D eigenvalue weighted by atomic mass is 15.3. The molecule has 1 unspecified atom stereocenters. The molecule has 0 aliphatic carbocycles. The lowest BCUT2D eigenvalue weighted by molar-refractivity contribution is 0.241. The van der Waals surface area contributed by atoms with Crippen LogP contribution in [-0.4, -0.2) is 44.2 Å². The van der Waals surface area contributed by atoms with Crippen LogP contribution in [0, 0.1) is 0 Å². The van der Waals surface area contributed by atoms with Crippen molar-refractivity contribution in [3.05, 3.63) is 65.7 Å². The van der Waals surface area contributed by atoms with Crippen molar-refractivity contribution in [1.29, 1.82) is 0 Å². The number of hydrogen-bond acceptors (Lipinski definition) is 3. The third-order valence-electron chi connectivity index (χ3n) is 5.44. The maximum Gasteiger partial charge on any atom is 0.0367 e. The standard InChI is InChI=1S/C21H27N3/c1-2-7-19(8-3-1)24-16-14-23(15-17-24)13-11-21-20-9-5-4-6-18(20)10-12-22-21/h1-9,21-22H,10-17H2. The molecule has 0 amide bonds. The van der Waals surface area contributed by atoms with E-state index in [-0.39, 0.29) is 0 Å². The molecule has 3 heteroatoms. The van der Waals surface area contributed by atoms with Crippen LogP contribution in [0.25, 0.3) is 0 Å². The van der Waals surface area contributed by atoms with Crippen LogP contribution in [0.1, 0.15) is 23.6 Å². The Labute approximate surface area is 145 Å². The number of anilines is 1. The van der Waals surface area contributed by atoms with E-state index >= 15 is 0 Å². The first-order chi connectivity index (χ1) is 11.9. The SMILES string of the molecule is c1ccc(N2CCN(CCC3NCCc4ccccc43)CC2)cc1. The highest BCUT2D eigenvalue weighted by molar-refractivity contribution is 5.46. The molecule has 1 atom stereocenters. The van der Waals surface area contributed by atoms with E-state index in [1.165, 1.54) is 49.3 Å². The van der Waals surface area contributed by atoms with Gasteiger partial charge in [-0.05, 0) is 42.6 Å². The predicted molar refractivity (Wildman–Crippen MR) is 101 cm³/mol. The van der Waals surface area contributed by atoms with Gasteiger partial charge in [-0.2, -0.15) is 0 Å². The maximum atomic E-state index is 3.71. The van der Waals surface area contributed by atoms with Gasteiger partial charge in [-0.1, -0.05) is 42.5 Å². The second-order valence-electron chi connectivity index (χ2n) is 6.91. The van der Waals surface area contributed by atoms with Gasteiger partial charge in [-0.3, -0.25) is 4.90 Å². The molecule has 2 heterocycles. The number of nitrogens with zero attached hydrogens (tertiary/aromatic N) is 2. The Hall–Kier alpha value is -1.84. The van der Waals surface area contributed by atoms with Crippen molar-refractivity contribution in [1.82, 2.24) is 10.2 Å². The van der Waals surface area contributed by atoms with Gasteiger partial charge in [0.05, 0.1) is 0 Å². The van der Waals surface area contributed by atoms with Crippen LogP contribution >= 0.6 is 0 Å². The van der Waals surface area contributed by atoms with Crippen LogP contribution in [0.15, 0.2) is 54.6 Å². The molecule has 2 aromatic rings. The molecule has 0 radical (unpaired) electrons. The van der Waals surface area contributed by atoms with E-state index in [9.17, 15) is 0 Å². The minimum absolute atomic E-state index is 0.530. The quantitative estimate of drug-likeness (QED) is 0.933. The monoisotopic (exact) mass is 321 g/mol. The lowest BCUT2D eigenvalue weighted by atomic mass is 9.92. The molecule has 24 heavy (non-hydrogen) atoms. The molecule has 126 valence electrons. The van der Waals surface area contributed by atoms with Crippen LogP contribution in [0.5, 0.6) is 0 Å². The number of nitrogens with one attached hydrogen (secondary N) is 1. The summed E-state index contributed by atoms with van der Waals surface area (Å²) >= 11 is 0. The number of fused-ring (bicyclic) bond motifs is 1. The Bertz CT molecular complexity index is 647. The third-order valence-corrected chi connectivity index (χ3v) is 5.44. The zero-order valence-corrected chi connectivity index (χ0v) is 14.3. The first kappa shape index (κ1) is 15.7. The van der Waals surface area contributed by atoms with Crippen molar-refractivity contribution in [3.63, 3.8) is 0 Å². The van der Waals surface area contributed by atoms with E-state index in [0.29, 0.717) is 6.04 Å². The first-order valence-corrected chi connectivity index (χ1v) is 9.24. The second-order valence-corrected chi connectivity index (χ2v) is 6.91. The predicted octanol–water partition coefficient (Wildman–Crippen LogP) is 3.09. The zero-order chi connectivity index (χ0) is 16.2. The molecule has 0 spiro atoms. The van der Waals surface area contributed by atoms with Gasteiger partial charge in [0.15, 0.2) is 0 Å². The van der Waals surface area contributed by atoms with E-state index in [0.717, 1.165) is 19.6 Å². The van der Waals surface area contributed by atoms with Crippen molar-refractivity contribution in [2.24, 2.45) is 0 Å². The summed E-state index contributed by atoms with van der Waals surface area (Å²) in [5, 5.41) is 3.71. The van der Waals surface area contributed by atoms with Crippen LogP contribution in [0.4, 0.5) is 5.69 Å². The molecular formula is C21H27N3. The number of para-hydroxylation sites is 1. The van der Waals surface area contributed by atoms with Crippen LogP contribution in [-0.2, 0) is 6.42 Å². The Kier molecular flexibility index (Phi) is 4.81. The second kappa shape index (κ2) is 7.37. The fraction of sp³-hybridized carbons (Fsp3) is 0.429. The third kappa shape index (κ3) is 3.47. The van der Waals surface area contributed by atoms with E-state index in [4.69, 9.17) is 0 Å². The van der Waals surface area contributed by atoms with Gasteiger partial charge in [0.25, 0.3) is 0 Å². The summed E-state index contributed by atoms with van der Waals surface area (Å²) in [6, 6.07) is 20.3. The molecule has 2 aromatic carbocycles. The number of piperazine rings is 1. The molecule has 2 aliphatic heterocycles. The zero-order valence-electron chi connectivity index (χ0n) is 14.3. The fourth-order valence-corrected chi connectivity index (χ4v) is 4.03. The lowest BCUT2D eigenvalue weighted by Crippen LogP contribution is -2.47. The molecule has 0 bridgehead atoms. The molecule has 1 fully saturated rings. The number of rotatable bonds is 4. The molecule has 1 N–H and O–H groups in total. The summed E-state index contributed by atoms with van der Waals surface area (Å²) in [5.41, 5.74) is 4.42. The van der Waals surface area contributed by atoms with Gasteiger partial charge in [-0.15, -0.1) is 0 Å². The molecule has 0 aromatic heterocycles. The van der Waals surface area contributed by atoms with Gasteiger partial charge < -0.3 is 10.2 Å². The molecule has 1 saturated heterocycles. The van der Waals surface area contributed by atoms with Crippen LogP contribution in [0.2, 0.25) is 0 Å². The molecule has 0 saturated carbocycles. The van der Waals surface area contributed by atoms with Crippen molar-refractivity contribution in [2.75, 3.05) is 44.2 Å². The smallest absolute Gasteiger partial charge is 0.0367 e. The molecule has 4 rings (SSSR count). The molecular weight excluding hydrogens is 294 g/mol. The average molecular weight is 321 g/mol. The highest BCUT2D eigenvalue weighted by Gasteiger charge is 2.21. The summed E-state index contributed by atoms with van der Waals surface area (Å²) in [7, 11) is 0. The number of hydrogen-bond donors (Lipinski definition) is 1. The Morgan fingerprint density at radius 3 is 2.46 bits per heavy atom. The summed E-state index contributed by atoms with van der Waals surface area (Å²) in [4.78, 5) is 5.13. The average Bonchev–Trinajstić information content (AvgIpc) is 2.67. The Balaban J connectivity index is 1.29. The van der Waals surface area contributed by atoms with Gasteiger partial charge in [0, 0.05) is 44.5 Å². The van der Waals surface area contributed by atoms with Crippen LogP contribution < -0.4 is 10.2 Å². The highest BCUT2D eigenvalue weighted by Crippen LogP contribution is 2.25. The minimum Gasteiger partial charge on any atom is -0.369 e. The van der Waals surface area contributed by atoms with Crippen molar-refractivity contribution in [3.8, 4) is 0 Å². The minimum atomic E-state index is 0.530. The van der Waals surface area contributed by atoms with Crippen molar-refractivity contribution >= 4 is 5.69 Å². The number of benzene rings is 2. The summed E-state index contributed by atoms with van der Waals surface area (Å²) in [6.45, 7) is 6.92. The van der Waals surface area contributed by atoms with Crippen molar-refractivity contribution < 1.29 is 0 Å². The van der Waals surface area contributed by atoms with E-state index in [1.54, 1.807) is 0 Å². The Morgan fingerprint density at radius 2 is 1.62 bits per heavy atom. The van der Waals surface area contributed by atoms with Gasteiger partial charge in [0.1, 0.15) is 0 Å². The van der Waals surface area contributed by atoms with Gasteiger partial charge in [-0.25, -0.2) is 0 Å². The fourth-order valence-electron chi connectivity index (χ4n) is 4.03. The topological polar surface area (TPSA) is 18.5 Å². The molecule has 2 aliphatic rings. The molecule has 3 nitrogen and oxygen atoms in total. The van der Waals surface area contributed by atoms with Crippen LogP contribution in [0.3, 0.4) is 0 Å². The first-order valence-electron chi connectivity index (χ1n) is 9.24. The van der Waals surface area contributed by atoms with E-state index < -0.39 is 0 Å². The van der Waals surface area contributed by atoms with Gasteiger partial charge in [0.2, 0.25) is 0 Å². The Morgan fingerprint density at radius 1 is 0.875 bits per heavy atom. The van der Waals surface area contributed by atoms with Gasteiger partial charge >= 0.3 is 0 Å². The van der Waals surface area contributed by atoms with E-state index in [1.807, 2.05) is 0 Å². The normalized spacial score (nSPS) is 21.5. The van der Waals surface area contributed by atoms with Crippen molar-refractivity contribution in [2.45, 2.75) is 18.9 Å². The lowest BCUT2D eigenvalue weighted by Gasteiger charge is -2.37.